The molecule has 1 aromatic carbocycles. The molecule has 9 heteroatoms. The first-order chi connectivity index (χ1) is 15.5. The molecule has 9 nitrogen and oxygen atoms in total. The third-order valence-electron chi connectivity index (χ3n) is 7.66. The van der Waals surface area contributed by atoms with Crippen LogP contribution in [0.4, 0.5) is 5.69 Å². The molecule has 4 saturated heterocycles. The largest absolute Gasteiger partial charge is 0.363 e. The number of hydrogen-bond donors (Lipinski definition) is 2. The summed E-state index contributed by atoms with van der Waals surface area (Å²) in [5.41, 5.74) is 1.68. The number of piperidine rings is 1. The molecule has 4 fully saturated rings. The van der Waals surface area contributed by atoms with E-state index in [1.807, 2.05) is 12.1 Å². The van der Waals surface area contributed by atoms with E-state index in [-0.39, 0.29) is 18.7 Å². The number of piperazine rings is 1. The first kappa shape index (κ1) is 19.9. The predicted molar refractivity (Wildman–Crippen MR) is 115 cm³/mol. The minimum Gasteiger partial charge on any atom is -0.363 e. The van der Waals surface area contributed by atoms with E-state index in [2.05, 4.69) is 20.4 Å². The number of benzene rings is 1. The molecule has 0 saturated carbocycles. The third kappa shape index (κ3) is 3.06. The summed E-state index contributed by atoms with van der Waals surface area (Å²) in [4.78, 5) is 55.9. The smallest absolute Gasteiger partial charge is 0.262 e. The second kappa shape index (κ2) is 7.38. The number of anilines is 1. The fraction of sp³-hybridized carbons (Fsp3) is 0.565. The Morgan fingerprint density at radius 2 is 1.62 bits per heavy atom. The molecular weight excluding hydrogens is 410 g/mol. The second-order valence-electron chi connectivity index (χ2n) is 9.71. The van der Waals surface area contributed by atoms with E-state index in [0.717, 1.165) is 62.1 Å². The fourth-order valence-electron chi connectivity index (χ4n) is 6.02. The van der Waals surface area contributed by atoms with Gasteiger partial charge in [-0.15, -0.1) is 0 Å². The summed E-state index contributed by atoms with van der Waals surface area (Å²) in [5.74, 6) is -1.08. The predicted octanol–water partition coefficient (Wildman–Crippen LogP) is -0.0398. The lowest BCUT2D eigenvalue weighted by Gasteiger charge is -2.44. The van der Waals surface area contributed by atoms with E-state index in [4.69, 9.17) is 0 Å². The summed E-state index contributed by atoms with van der Waals surface area (Å²) in [7, 11) is 0. The van der Waals surface area contributed by atoms with Gasteiger partial charge in [0.05, 0.1) is 11.1 Å². The van der Waals surface area contributed by atoms with Crippen molar-refractivity contribution in [3.8, 4) is 0 Å². The first-order valence-corrected chi connectivity index (χ1v) is 11.6. The number of carbonyl (C=O) groups excluding carboxylic acids is 4. The molecule has 32 heavy (non-hydrogen) atoms. The van der Waals surface area contributed by atoms with Crippen molar-refractivity contribution in [1.29, 1.82) is 0 Å². The zero-order chi connectivity index (χ0) is 22.0. The Morgan fingerprint density at radius 3 is 2.28 bits per heavy atom. The van der Waals surface area contributed by atoms with Crippen molar-refractivity contribution >= 4 is 29.3 Å². The number of carbonyl (C=O) groups is 4. The van der Waals surface area contributed by atoms with Crippen molar-refractivity contribution in [2.75, 3.05) is 37.6 Å². The normalized spacial score (nSPS) is 30.6. The molecule has 5 aliphatic heterocycles. The zero-order valence-electron chi connectivity index (χ0n) is 17.9. The van der Waals surface area contributed by atoms with Gasteiger partial charge in [-0.1, -0.05) is 0 Å². The van der Waals surface area contributed by atoms with Gasteiger partial charge in [-0.25, -0.2) is 0 Å². The minimum atomic E-state index is -0.927. The van der Waals surface area contributed by atoms with Crippen molar-refractivity contribution in [3.63, 3.8) is 0 Å². The standard InChI is InChI=1S/C23H27N5O4/c29-20-6-5-19(21(30)25-20)28-22(31)17-4-3-14(7-18(17)23(28)32)27-15-1-2-16(27)12-26(11-15)10-13-8-24-9-13/h3-4,7,13,15-16,19,24H,1-2,5-6,8-12H2,(H,25,29,30). The average molecular weight is 438 g/mol. The molecule has 168 valence electrons. The summed E-state index contributed by atoms with van der Waals surface area (Å²) in [6.07, 6.45) is 2.57. The van der Waals surface area contributed by atoms with Gasteiger partial charge in [0, 0.05) is 56.9 Å². The van der Waals surface area contributed by atoms with Gasteiger partial charge < -0.3 is 10.2 Å². The molecule has 1 aromatic rings. The van der Waals surface area contributed by atoms with Crippen LogP contribution in [0, 0.1) is 5.92 Å². The van der Waals surface area contributed by atoms with Crippen LogP contribution in [0.2, 0.25) is 0 Å². The van der Waals surface area contributed by atoms with Gasteiger partial charge in [0.15, 0.2) is 0 Å². The van der Waals surface area contributed by atoms with Crippen LogP contribution in [-0.4, -0.2) is 84.3 Å². The molecule has 0 spiro atoms. The van der Waals surface area contributed by atoms with Gasteiger partial charge in [0.25, 0.3) is 11.8 Å². The van der Waals surface area contributed by atoms with Gasteiger partial charge in [-0.05, 0) is 43.4 Å². The number of likely N-dealkylation sites (tertiary alicyclic amines) is 1. The molecule has 5 aliphatic rings. The number of hydrogen-bond acceptors (Lipinski definition) is 7. The van der Waals surface area contributed by atoms with E-state index in [0.29, 0.717) is 23.2 Å². The zero-order valence-corrected chi connectivity index (χ0v) is 17.9. The Bertz CT molecular complexity index is 1010. The third-order valence-corrected chi connectivity index (χ3v) is 7.66. The first-order valence-electron chi connectivity index (χ1n) is 11.6. The Morgan fingerprint density at radius 1 is 0.906 bits per heavy atom. The summed E-state index contributed by atoms with van der Waals surface area (Å²) < 4.78 is 0. The molecule has 6 rings (SSSR count). The number of imide groups is 2. The highest BCUT2D eigenvalue weighted by molar-refractivity contribution is 6.23. The summed E-state index contributed by atoms with van der Waals surface area (Å²) in [5, 5.41) is 5.59. The summed E-state index contributed by atoms with van der Waals surface area (Å²) >= 11 is 0. The van der Waals surface area contributed by atoms with Gasteiger partial charge in [0.2, 0.25) is 11.8 Å². The van der Waals surface area contributed by atoms with Gasteiger partial charge in [-0.3, -0.25) is 34.3 Å². The molecular formula is C23H27N5O4. The molecule has 0 aromatic heterocycles. The SMILES string of the molecule is O=C1CCC(N2C(=O)c3ccc(N4C5CCC4CN(CC4CNC4)C5)cc3C2=O)C(=O)N1. The van der Waals surface area contributed by atoms with Crippen molar-refractivity contribution < 1.29 is 19.2 Å². The highest BCUT2D eigenvalue weighted by atomic mass is 16.2. The lowest BCUT2D eigenvalue weighted by atomic mass is 10.0. The maximum Gasteiger partial charge on any atom is 0.262 e. The number of rotatable bonds is 4. The van der Waals surface area contributed by atoms with Crippen LogP contribution >= 0.6 is 0 Å². The lowest BCUT2D eigenvalue weighted by molar-refractivity contribution is -0.136. The van der Waals surface area contributed by atoms with Crippen LogP contribution in [0.15, 0.2) is 18.2 Å². The fourth-order valence-corrected chi connectivity index (χ4v) is 6.02. The van der Waals surface area contributed by atoms with Crippen molar-refractivity contribution in [1.82, 2.24) is 20.4 Å². The highest BCUT2D eigenvalue weighted by Gasteiger charge is 2.46. The Labute approximate surface area is 186 Å². The van der Waals surface area contributed by atoms with Crippen molar-refractivity contribution in [2.24, 2.45) is 5.92 Å². The van der Waals surface area contributed by atoms with Crippen molar-refractivity contribution in [3.05, 3.63) is 29.3 Å². The van der Waals surface area contributed by atoms with Crippen LogP contribution < -0.4 is 15.5 Å². The topological polar surface area (TPSA) is 102 Å². The monoisotopic (exact) mass is 437 g/mol. The van der Waals surface area contributed by atoms with Gasteiger partial charge in [0.1, 0.15) is 6.04 Å². The van der Waals surface area contributed by atoms with Crippen molar-refractivity contribution in [2.45, 2.75) is 43.8 Å². The van der Waals surface area contributed by atoms with Crippen LogP contribution in [0.5, 0.6) is 0 Å². The van der Waals surface area contributed by atoms with E-state index in [9.17, 15) is 19.2 Å². The molecule has 2 N–H and O–H groups in total. The quantitative estimate of drug-likeness (QED) is 0.638. The minimum absolute atomic E-state index is 0.125. The number of nitrogens with one attached hydrogen (secondary N) is 2. The molecule has 0 aliphatic carbocycles. The summed E-state index contributed by atoms with van der Waals surface area (Å²) in [6.45, 7) is 5.42. The molecule has 4 amide bonds. The number of fused-ring (bicyclic) bond motifs is 3. The highest BCUT2D eigenvalue weighted by Crippen LogP contribution is 2.38. The molecule has 3 atom stereocenters. The van der Waals surface area contributed by atoms with Gasteiger partial charge >= 0.3 is 0 Å². The van der Waals surface area contributed by atoms with Crippen LogP contribution in [0.25, 0.3) is 0 Å². The Kier molecular flexibility index (Phi) is 4.58. The van der Waals surface area contributed by atoms with Gasteiger partial charge in [-0.2, -0.15) is 0 Å². The maximum atomic E-state index is 13.2. The van der Waals surface area contributed by atoms with E-state index >= 15 is 0 Å². The van der Waals surface area contributed by atoms with E-state index < -0.39 is 23.8 Å². The number of nitrogens with zero attached hydrogens (tertiary/aromatic N) is 3. The second-order valence-corrected chi connectivity index (χ2v) is 9.71. The molecule has 2 bridgehead atoms. The molecule has 0 radical (unpaired) electrons. The van der Waals surface area contributed by atoms with Crippen LogP contribution in [0.3, 0.4) is 0 Å². The van der Waals surface area contributed by atoms with E-state index in [1.54, 1.807) is 6.07 Å². The lowest BCUT2D eigenvalue weighted by Crippen LogP contribution is -2.57. The Balaban J connectivity index is 1.23. The molecule has 5 heterocycles. The maximum absolute atomic E-state index is 13.2. The average Bonchev–Trinajstić information content (AvgIpc) is 3.15. The van der Waals surface area contributed by atoms with Crippen LogP contribution in [-0.2, 0) is 9.59 Å². The number of amides is 4. The summed E-state index contributed by atoms with van der Waals surface area (Å²) in [6, 6.07) is 5.40. The van der Waals surface area contributed by atoms with Crippen LogP contribution in [0.1, 0.15) is 46.4 Å². The molecule has 3 unspecified atom stereocenters. The van der Waals surface area contributed by atoms with E-state index in [1.165, 1.54) is 0 Å². The Hall–Kier alpha value is -2.78.